The Morgan fingerprint density at radius 3 is 2.30 bits per heavy atom. The first-order valence-electron chi connectivity index (χ1n) is 12.9. The summed E-state index contributed by atoms with van der Waals surface area (Å²) in [6, 6.07) is 12.5. The molecule has 2 aliphatic rings. The van der Waals surface area contributed by atoms with Gasteiger partial charge in [-0.25, -0.2) is 4.39 Å². The Kier molecular flexibility index (Phi) is 8.38. The first-order chi connectivity index (χ1) is 16.0. The third kappa shape index (κ3) is 6.33. The van der Waals surface area contributed by atoms with Crippen molar-refractivity contribution in [1.82, 2.24) is 0 Å². The summed E-state index contributed by atoms with van der Waals surface area (Å²) in [4.78, 5) is 0. The van der Waals surface area contributed by atoms with Crippen molar-refractivity contribution in [3.8, 4) is 16.9 Å². The van der Waals surface area contributed by atoms with Crippen molar-refractivity contribution in [2.75, 3.05) is 0 Å². The highest BCUT2D eigenvalue weighted by molar-refractivity contribution is 5.64. The molecule has 33 heavy (non-hydrogen) atoms. The molecule has 4 rings (SSSR count). The summed E-state index contributed by atoms with van der Waals surface area (Å²) in [6.07, 6.45) is 15.1. The summed E-state index contributed by atoms with van der Waals surface area (Å²) < 4.78 is 43.0. The summed E-state index contributed by atoms with van der Waals surface area (Å²) in [7, 11) is 0. The molecule has 0 saturated heterocycles. The van der Waals surface area contributed by atoms with Crippen LogP contribution in [0.5, 0.6) is 5.75 Å². The Balaban J connectivity index is 1.32. The third-order valence-electron chi connectivity index (χ3n) is 8.05. The molecule has 0 amide bonds. The van der Waals surface area contributed by atoms with Gasteiger partial charge in [0.15, 0.2) is 11.6 Å². The number of unbranched alkanes of at least 4 members (excludes halogenated alkanes) is 3. The molecule has 0 aromatic heterocycles. The van der Waals surface area contributed by atoms with Gasteiger partial charge in [-0.05, 0) is 84.6 Å². The summed E-state index contributed by atoms with van der Waals surface area (Å²) in [5.41, 5.74) is 2.93. The molecule has 0 N–H and O–H groups in total. The SMILES string of the molecule is CCCCCCC1CCC2CC(c3ccc(-c4ccc(OC(F)F)c(F)c4)cc3)CCC2C1. The van der Waals surface area contributed by atoms with E-state index in [4.69, 9.17) is 0 Å². The van der Waals surface area contributed by atoms with Gasteiger partial charge in [-0.15, -0.1) is 0 Å². The molecule has 2 aromatic carbocycles. The van der Waals surface area contributed by atoms with Gasteiger partial charge in [0, 0.05) is 0 Å². The van der Waals surface area contributed by atoms with E-state index in [1.165, 1.54) is 88.3 Å². The lowest BCUT2D eigenvalue weighted by atomic mass is 9.63. The number of benzene rings is 2. The molecule has 180 valence electrons. The molecule has 0 bridgehead atoms. The topological polar surface area (TPSA) is 9.23 Å². The van der Waals surface area contributed by atoms with Crippen molar-refractivity contribution in [1.29, 1.82) is 0 Å². The predicted octanol–water partition coefficient (Wildman–Crippen LogP) is 9.36. The summed E-state index contributed by atoms with van der Waals surface area (Å²) in [5.74, 6) is 2.17. The van der Waals surface area contributed by atoms with E-state index in [2.05, 4.69) is 23.8 Å². The van der Waals surface area contributed by atoms with E-state index in [0.29, 0.717) is 11.5 Å². The third-order valence-corrected chi connectivity index (χ3v) is 8.05. The summed E-state index contributed by atoms with van der Waals surface area (Å²) in [6.45, 7) is -0.747. The van der Waals surface area contributed by atoms with Crippen molar-refractivity contribution >= 4 is 0 Å². The van der Waals surface area contributed by atoms with Crippen molar-refractivity contribution in [2.45, 2.75) is 90.1 Å². The zero-order chi connectivity index (χ0) is 23.2. The second-order valence-electron chi connectivity index (χ2n) is 10.2. The smallest absolute Gasteiger partial charge is 0.387 e. The van der Waals surface area contributed by atoms with Gasteiger partial charge >= 0.3 is 6.61 Å². The number of ether oxygens (including phenoxy) is 1. The number of halogens is 3. The maximum atomic E-state index is 14.1. The number of hydrogen-bond acceptors (Lipinski definition) is 1. The Morgan fingerprint density at radius 2 is 1.58 bits per heavy atom. The largest absolute Gasteiger partial charge is 0.432 e. The Labute approximate surface area is 196 Å². The lowest BCUT2D eigenvalue weighted by Gasteiger charge is -2.42. The molecule has 4 unspecified atom stereocenters. The van der Waals surface area contributed by atoms with E-state index < -0.39 is 18.2 Å². The van der Waals surface area contributed by atoms with Crippen LogP contribution in [-0.4, -0.2) is 6.61 Å². The molecule has 0 heterocycles. The molecule has 2 aromatic rings. The maximum absolute atomic E-state index is 14.1. The number of fused-ring (bicyclic) bond motifs is 1. The van der Waals surface area contributed by atoms with Crippen LogP contribution in [0.3, 0.4) is 0 Å². The molecule has 0 spiro atoms. The van der Waals surface area contributed by atoms with Gasteiger partial charge in [-0.1, -0.05) is 75.8 Å². The van der Waals surface area contributed by atoms with E-state index in [-0.39, 0.29) is 0 Å². The molecule has 2 fully saturated rings. The average molecular weight is 459 g/mol. The monoisotopic (exact) mass is 458 g/mol. The van der Waals surface area contributed by atoms with Crippen molar-refractivity contribution in [3.05, 3.63) is 53.8 Å². The lowest BCUT2D eigenvalue weighted by molar-refractivity contribution is -0.0521. The Bertz CT molecular complexity index is 879. The predicted molar refractivity (Wildman–Crippen MR) is 128 cm³/mol. The van der Waals surface area contributed by atoms with Crippen LogP contribution in [0.2, 0.25) is 0 Å². The summed E-state index contributed by atoms with van der Waals surface area (Å²) >= 11 is 0. The van der Waals surface area contributed by atoms with Crippen molar-refractivity contribution in [2.24, 2.45) is 17.8 Å². The maximum Gasteiger partial charge on any atom is 0.387 e. The molecule has 4 heteroatoms. The average Bonchev–Trinajstić information content (AvgIpc) is 2.82. The Hall–Kier alpha value is -1.97. The zero-order valence-electron chi connectivity index (χ0n) is 19.7. The minimum Gasteiger partial charge on any atom is -0.432 e. The molecule has 1 nitrogen and oxygen atoms in total. The fraction of sp³-hybridized carbons (Fsp3) is 0.586. The van der Waals surface area contributed by atoms with E-state index in [9.17, 15) is 13.2 Å². The second-order valence-corrected chi connectivity index (χ2v) is 10.2. The fourth-order valence-corrected chi connectivity index (χ4v) is 6.23. The molecular formula is C29H37F3O. The number of alkyl halides is 2. The Morgan fingerprint density at radius 1 is 0.848 bits per heavy atom. The van der Waals surface area contributed by atoms with Gasteiger partial charge < -0.3 is 4.74 Å². The van der Waals surface area contributed by atoms with E-state index in [0.717, 1.165) is 23.3 Å². The van der Waals surface area contributed by atoms with Crippen LogP contribution >= 0.6 is 0 Å². The highest BCUT2D eigenvalue weighted by Crippen LogP contribution is 2.48. The number of rotatable bonds is 9. The van der Waals surface area contributed by atoms with Crippen LogP contribution in [0, 0.1) is 23.6 Å². The van der Waals surface area contributed by atoms with E-state index >= 15 is 0 Å². The van der Waals surface area contributed by atoms with E-state index in [1.54, 1.807) is 6.07 Å². The lowest BCUT2D eigenvalue weighted by Crippen LogP contribution is -2.30. The number of hydrogen-bond donors (Lipinski definition) is 0. The van der Waals surface area contributed by atoms with Crippen LogP contribution in [0.15, 0.2) is 42.5 Å². The standard InChI is InChI=1S/C29H37F3O/c1-2-3-4-5-6-20-7-8-25-18-24(14-13-23(25)17-20)21-9-11-22(12-10-21)26-15-16-28(27(30)19-26)33-29(31)32/h9-12,15-16,19-20,23-25,29H,2-8,13-14,17-18H2,1H3. The molecule has 2 saturated carbocycles. The molecule has 2 aliphatic carbocycles. The normalized spacial score (nSPS) is 25.1. The van der Waals surface area contributed by atoms with Crippen molar-refractivity contribution in [3.63, 3.8) is 0 Å². The van der Waals surface area contributed by atoms with Gasteiger partial charge in [-0.3, -0.25) is 0 Å². The minimum atomic E-state index is -3.03. The second kappa shape index (κ2) is 11.4. The quantitative estimate of drug-likeness (QED) is 0.340. The van der Waals surface area contributed by atoms with Crippen LogP contribution in [0.1, 0.15) is 89.0 Å². The molecule has 4 atom stereocenters. The first kappa shape index (κ1) is 24.2. The highest BCUT2D eigenvalue weighted by Gasteiger charge is 2.35. The molecule has 0 radical (unpaired) electrons. The molecule has 0 aliphatic heterocycles. The van der Waals surface area contributed by atoms with E-state index in [1.807, 2.05) is 12.1 Å². The van der Waals surface area contributed by atoms with Gasteiger partial charge in [-0.2, -0.15) is 8.78 Å². The first-order valence-corrected chi connectivity index (χ1v) is 12.9. The van der Waals surface area contributed by atoms with Gasteiger partial charge in [0.05, 0.1) is 0 Å². The summed E-state index contributed by atoms with van der Waals surface area (Å²) in [5, 5.41) is 0. The fourth-order valence-electron chi connectivity index (χ4n) is 6.23. The van der Waals surface area contributed by atoms with Gasteiger partial charge in [0.25, 0.3) is 0 Å². The van der Waals surface area contributed by atoms with Gasteiger partial charge in [0.2, 0.25) is 0 Å². The highest BCUT2D eigenvalue weighted by atomic mass is 19.3. The van der Waals surface area contributed by atoms with Crippen LogP contribution in [0.25, 0.3) is 11.1 Å². The zero-order valence-corrected chi connectivity index (χ0v) is 19.7. The van der Waals surface area contributed by atoms with Crippen LogP contribution < -0.4 is 4.74 Å². The minimum absolute atomic E-state index is 0.419. The van der Waals surface area contributed by atoms with Crippen molar-refractivity contribution < 1.29 is 17.9 Å². The van der Waals surface area contributed by atoms with Gasteiger partial charge in [0.1, 0.15) is 0 Å². The van der Waals surface area contributed by atoms with Crippen LogP contribution in [-0.2, 0) is 0 Å². The van der Waals surface area contributed by atoms with Crippen LogP contribution in [0.4, 0.5) is 13.2 Å². The molecular weight excluding hydrogens is 421 g/mol.